The van der Waals surface area contributed by atoms with Crippen molar-refractivity contribution in [1.82, 2.24) is 10.2 Å². The molecule has 1 saturated carbocycles. The number of carbonyl (C=O) groups excluding carboxylic acids is 3. The summed E-state index contributed by atoms with van der Waals surface area (Å²) in [4.78, 5) is 40.5. The summed E-state index contributed by atoms with van der Waals surface area (Å²) in [7, 11) is 0. The maximum Gasteiger partial charge on any atom is 0.244 e. The van der Waals surface area contributed by atoms with Crippen molar-refractivity contribution in [2.75, 3.05) is 12.0 Å². The molecule has 0 aromatic heterocycles. The summed E-state index contributed by atoms with van der Waals surface area (Å²) < 4.78 is 0. The molecule has 3 aliphatic rings. The van der Waals surface area contributed by atoms with Gasteiger partial charge in [0.15, 0.2) is 0 Å². The van der Waals surface area contributed by atoms with Gasteiger partial charge in [0.1, 0.15) is 6.04 Å². The number of nitrogens with zero attached hydrogens (tertiary/aromatic N) is 1. The van der Waals surface area contributed by atoms with Gasteiger partial charge in [0.2, 0.25) is 17.7 Å². The number of hydrogen-bond donors (Lipinski definition) is 1. The Balaban J connectivity index is 1.54. The Kier molecular flexibility index (Phi) is 5.76. The molecule has 4 rings (SSSR count). The Bertz CT molecular complexity index is 757. The van der Waals surface area contributed by atoms with Gasteiger partial charge in [-0.05, 0) is 49.5 Å². The SMILES string of the molecule is CSC[C@H](C(=O)N[C@@H]1CCCc2ccccc21)N1C(=O)[C@H]2CCCC[C@@H]2C1=O. The predicted molar refractivity (Wildman–Crippen MR) is 110 cm³/mol. The molecule has 1 N–H and O–H groups in total. The van der Waals surface area contributed by atoms with Crippen LogP contribution in [0.15, 0.2) is 24.3 Å². The molecule has 150 valence electrons. The summed E-state index contributed by atoms with van der Waals surface area (Å²) in [5, 5.41) is 3.16. The molecule has 1 saturated heterocycles. The lowest BCUT2D eigenvalue weighted by Gasteiger charge is -2.30. The molecule has 0 radical (unpaired) electrons. The van der Waals surface area contributed by atoms with Gasteiger partial charge in [-0.1, -0.05) is 37.1 Å². The van der Waals surface area contributed by atoms with Crippen LogP contribution in [0.4, 0.5) is 0 Å². The van der Waals surface area contributed by atoms with Crippen molar-refractivity contribution in [2.45, 2.75) is 57.0 Å². The molecule has 2 aliphatic carbocycles. The number of fused-ring (bicyclic) bond motifs is 2. The largest absolute Gasteiger partial charge is 0.347 e. The van der Waals surface area contributed by atoms with E-state index in [4.69, 9.17) is 0 Å². The number of benzene rings is 1. The van der Waals surface area contributed by atoms with Crippen molar-refractivity contribution in [1.29, 1.82) is 0 Å². The number of amides is 3. The van der Waals surface area contributed by atoms with Gasteiger partial charge < -0.3 is 5.32 Å². The average Bonchev–Trinajstić information content (AvgIpc) is 2.97. The third-order valence-electron chi connectivity index (χ3n) is 6.50. The van der Waals surface area contributed by atoms with Gasteiger partial charge in [0.25, 0.3) is 0 Å². The minimum Gasteiger partial charge on any atom is -0.347 e. The molecule has 1 aromatic carbocycles. The van der Waals surface area contributed by atoms with Crippen molar-refractivity contribution in [3.05, 3.63) is 35.4 Å². The normalized spacial score (nSPS) is 27.9. The van der Waals surface area contributed by atoms with E-state index in [9.17, 15) is 14.4 Å². The lowest BCUT2D eigenvalue weighted by molar-refractivity contribution is -0.147. The van der Waals surface area contributed by atoms with Gasteiger partial charge in [-0.25, -0.2) is 0 Å². The van der Waals surface area contributed by atoms with E-state index in [2.05, 4.69) is 17.4 Å². The Morgan fingerprint density at radius 1 is 1.11 bits per heavy atom. The van der Waals surface area contributed by atoms with Gasteiger partial charge in [-0.2, -0.15) is 11.8 Å². The quantitative estimate of drug-likeness (QED) is 0.772. The monoisotopic (exact) mass is 400 g/mol. The number of aryl methyl sites for hydroxylation is 1. The molecule has 28 heavy (non-hydrogen) atoms. The zero-order chi connectivity index (χ0) is 19.7. The number of nitrogens with one attached hydrogen (secondary N) is 1. The molecule has 6 heteroatoms. The molecule has 1 aliphatic heterocycles. The fraction of sp³-hybridized carbons (Fsp3) is 0.591. The first-order valence-corrected chi connectivity index (χ1v) is 11.7. The first kappa shape index (κ1) is 19.5. The summed E-state index contributed by atoms with van der Waals surface area (Å²) in [6, 6.07) is 7.46. The maximum absolute atomic E-state index is 13.2. The van der Waals surface area contributed by atoms with Crippen LogP contribution in [0.25, 0.3) is 0 Å². The van der Waals surface area contributed by atoms with E-state index in [1.807, 2.05) is 18.4 Å². The van der Waals surface area contributed by atoms with E-state index in [1.54, 1.807) is 0 Å². The van der Waals surface area contributed by atoms with Crippen molar-refractivity contribution < 1.29 is 14.4 Å². The number of imide groups is 1. The predicted octanol–water partition coefficient (Wildman–Crippen LogP) is 3.09. The zero-order valence-electron chi connectivity index (χ0n) is 16.4. The summed E-state index contributed by atoms with van der Waals surface area (Å²) in [6.45, 7) is 0. The Hall–Kier alpha value is -1.82. The number of likely N-dealkylation sites (tertiary alicyclic amines) is 1. The molecule has 0 spiro atoms. The minimum absolute atomic E-state index is 0.0445. The van der Waals surface area contributed by atoms with E-state index in [0.717, 1.165) is 50.5 Å². The van der Waals surface area contributed by atoms with Crippen LogP contribution in [0.2, 0.25) is 0 Å². The van der Waals surface area contributed by atoms with Crippen molar-refractivity contribution >= 4 is 29.5 Å². The molecule has 1 aromatic rings. The molecular formula is C22H28N2O3S. The maximum atomic E-state index is 13.2. The van der Waals surface area contributed by atoms with Crippen LogP contribution in [0.1, 0.15) is 55.7 Å². The van der Waals surface area contributed by atoms with Crippen molar-refractivity contribution in [3.8, 4) is 0 Å². The fourth-order valence-electron chi connectivity index (χ4n) is 5.09. The summed E-state index contributed by atoms with van der Waals surface area (Å²) in [5.41, 5.74) is 2.44. The number of hydrogen-bond acceptors (Lipinski definition) is 4. The van der Waals surface area contributed by atoms with Gasteiger partial charge in [-0.3, -0.25) is 19.3 Å². The van der Waals surface area contributed by atoms with Crippen LogP contribution in [-0.2, 0) is 20.8 Å². The first-order chi connectivity index (χ1) is 13.6. The lowest BCUT2D eigenvalue weighted by atomic mass is 9.81. The van der Waals surface area contributed by atoms with E-state index in [-0.39, 0.29) is 35.6 Å². The molecule has 1 heterocycles. The van der Waals surface area contributed by atoms with Crippen molar-refractivity contribution in [2.24, 2.45) is 11.8 Å². The van der Waals surface area contributed by atoms with Gasteiger partial charge in [0.05, 0.1) is 17.9 Å². The molecule has 3 amide bonds. The minimum atomic E-state index is -0.713. The van der Waals surface area contributed by atoms with E-state index in [0.29, 0.717) is 5.75 Å². The van der Waals surface area contributed by atoms with Crippen LogP contribution < -0.4 is 5.32 Å². The summed E-state index contributed by atoms with van der Waals surface area (Å²) in [6.07, 6.45) is 8.39. The van der Waals surface area contributed by atoms with E-state index >= 15 is 0 Å². The summed E-state index contributed by atoms with van der Waals surface area (Å²) in [5.74, 6) is -0.447. The van der Waals surface area contributed by atoms with Crippen LogP contribution >= 0.6 is 11.8 Å². The third-order valence-corrected chi connectivity index (χ3v) is 7.15. The number of thioether (sulfide) groups is 1. The lowest BCUT2D eigenvalue weighted by Crippen LogP contribution is -2.52. The fourth-order valence-corrected chi connectivity index (χ4v) is 5.71. The Labute approximate surface area is 170 Å². The highest BCUT2D eigenvalue weighted by atomic mass is 32.2. The Morgan fingerprint density at radius 2 is 1.79 bits per heavy atom. The topological polar surface area (TPSA) is 66.5 Å². The highest BCUT2D eigenvalue weighted by Gasteiger charge is 2.51. The smallest absolute Gasteiger partial charge is 0.244 e. The summed E-state index contributed by atoms with van der Waals surface area (Å²) >= 11 is 1.50. The highest BCUT2D eigenvalue weighted by molar-refractivity contribution is 7.98. The van der Waals surface area contributed by atoms with Crippen LogP contribution in [0, 0.1) is 11.8 Å². The number of carbonyl (C=O) groups is 3. The van der Waals surface area contributed by atoms with E-state index in [1.165, 1.54) is 22.2 Å². The molecule has 5 nitrogen and oxygen atoms in total. The molecule has 4 atom stereocenters. The highest BCUT2D eigenvalue weighted by Crippen LogP contribution is 2.39. The van der Waals surface area contributed by atoms with E-state index < -0.39 is 6.04 Å². The second-order valence-corrected chi connectivity index (χ2v) is 9.08. The standard InChI is InChI=1S/C22H28N2O3S/c1-28-13-19(24-21(26)16-10-4-5-11-17(16)22(24)27)20(25)23-18-12-6-8-14-7-2-3-9-15(14)18/h2-3,7,9,16-19H,4-6,8,10-13H2,1H3,(H,23,25)/t16-,17-,18+,19+/m0/s1. The number of rotatable bonds is 5. The molecule has 0 bridgehead atoms. The first-order valence-electron chi connectivity index (χ1n) is 10.4. The molecule has 2 fully saturated rings. The van der Waals surface area contributed by atoms with Crippen LogP contribution in [0.5, 0.6) is 0 Å². The van der Waals surface area contributed by atoms with Gasteiger partial charge >= 0.3 is 0 Å². The zero-order valence-corrected chi connectivity index (χ0v) is 17.2. The average molecular weight is 401 g/mol. The van der Waals surface area contributed by atoms with Gasteiger partial charge in [-0.15, -0.1) is 0 Å². The van der Waals surface area contributed by atoms with Crippen molar-refractivity contribution in [3.63, 3.8) is 0 Å². The molecular weight excluding hydrogens is 372 g/mol. The van der Waals surface area contributed by atoms with Crippen LogP contribution in [0.3, 0.4) is 0 Å². The molecule has 0 unspecified atom stereocenters. The second kappa shape index (κ2) is 8.27. The van der Waals surface area contributed by atoms with Crippen LogP contribution in [-0.4, -0.2) is 40.7 Å². The third kappa shape index (κ3) is 3.47. The second-order valence-electron chi connectivity index (χ2n) is 8.17. The Morgan fingerprint density at radius 3 is 2.46 bits per heavy atom. The van der Waals surface area contributed by atoms with Gasteiger partial charge in [0, 0.05) is 5.75 Å².